The number of hydrogen-bond donors (Lipinski definition) is 0. The van der Waals surface area contributed by atoms with Gasteiger partial charge in [-0.15, -0.1) is 0 Å². The molecule has 2 aromatic rings. The van der Waals surface area contributed by atoms with Crippen LogP contribution in [0, 0.1) is 17.1 Å². The molecule has 1 aromatic carbocycles. The van der Waals surface area contributed by atoms with Crippen LogP contribution in [0.15, 0.2) is 39.5 Å². The van der Waals surface area contributed by atoms with Crippen molar-refractivity contribution < 1.29 is 8.81 Å². The van der Waals surface area contributed by atoms with Gasteiger partial charge in [0.25, 0.3) is 0 Å². The first-order chi connectivity index (χ1) is 10.7. The molecule has 1 saturated heterocycles. The highest BCUT2D eigenvalue weighted by Gasteiger charge is 2.19. The van der Waals surface area contributed by atoms with E-state index in [0.717, 1.165) is 32.4 Å². The lowest BCUT2D eigenvalue weighted by Gasteiger charge is -2.29. The first-order valence-corrected chi connectivity index (χ1v) is 7.28. The highest BCUT2D eigenvalue weighted by Crippen LogP contribution is 2.27. The molecule has 1 aliphatic heterocycles. The van der Waals surface area contributed by atoms with E-state index in [2.05, 4.69) is 0 Å². The summed E-state index contributed by atoms with van der Waals surface area (Å²) in [6, 6.07) is 9.39. The van der Waals surface area contributed by atoms with Crippen LogP contribution in [0.2, 0.25) is 0 Å². The Bertz CT molecular complexity index is 769. The zero-order valence-corrected chi connectivity index (χ0v) is 12.0. The van der Waals surface area contributed by atoms with Gasteiger partial charge in [-0.1, -0.05) is 0 Å². The van der Waals surface area contributed by atoms with Crippen LogP contribution in [-0.4, -0.2) is 13.1 Å². The first-order valence-electron chi connectivity index (χ1n) is 7.28. The quantitative estimate of drug-likeness (QED) is 0.853. The average Bonchev–Trinajstić information content (AvgIpc) is 2.55. The van der Waals surface area contributed by atoms with Crippen LogP contribution in [0.5, 0.6) is 0 Å². The summed E-state index contributed by atoms with van der Waals surface area (Å²) in [5.41, 5.74) is 0.608. The second kappa shape index (κ2) is 6.02. The van der Waals surface area contributed by atoms with Crippen LogP contribution in [0.25, 0.3) is 11.3 Å². The van der Waals surface area contributed by atoms with Crippen molar-refractivity contribution in [2.24, 2.45) is 0 Å². The maximum Gasteiger partial charge on any atom is 0.356 e. The van der Waals surface area contributed by atoms with Crippen molar-refractivity contribution in [1.82, 2.24) is 0 Å². The fraction of sp³-hybridized carbons (Fsp3) is 0.294. The van der Waals surface area contributed by atoms with E-state index in [4.69, 9.17) is 4.42 Å². The molecule has 1 aromatic heterocycles. The molecule has 0 amide bonds. The molecule has 0 N–H and O–H groups in total. The molecular formula is C17H15FN2O2. The summed E-state index contributed by atoms with van der Waals surface area (Å²) in [6.45, 7) is 1.64. The molecule has 0 unspecified atom stereocenters. The van der Waals surface area contributed by atoms with Crippen molar-refractivity contribution in [2.75, 3.05) is 18.0 Å². The van der Waals surface area contributed by atoms with Gasteiger partial charge >= 0.3 is 5.63 Å². The molecule has 0 spiro atoms. The fourth-order valence-corrected chi connectivity index (χ4v) is 2.72. The normalized spacial score (nSPS) is 14.6. The standard InChI is InChI=1S/C17H15FN2O2/c18-13-6-4-12(5-7-13)16-10-15(14(11-19)17(21)22-16)20-8-2-1-3-9-20/h4-7,10H,1-3,8-9H2. The molecule has 1 fully saturated rings. The highest BCUT2D eigenvalue weighted by atomic mass is 19.1. The van der Waals surface area contributed by atoms with E-state index >= 15 is 0 Å². The minimum atomic E-state index is -0.648. The van der Waals surface area contributed by atoms with Crippen LogP contribution < -0.4 is 10.5 Å². The van der Waals surface area contributed by atoms with Gasteiger partial charge in [-0.2, -0.15) is 5.26 Å². The number of halogens is 1. The maximum absolute atomic E-state index is 13.0. The molecule has 0 atom stereocenters. The Hall–Kier alpha value is -2.61. The zero-order chi connectivity index (χ0) is 15.5. The number of piperidine rings is 1. The van der Waals surface area contributed by atoms with Gasteiger partial charge in [-0.25, -0.2) is 9.18 Å². The lowest BCUT2D eigenvalue weighted by atomic mass is 10.1. The number of rotatable bonds is 2. The summed E-state index contributed by atoms with van der Waals surface area (Å²) < 4.78 is 18.3. The molecule has 1 aliphatic rings. The van der Waals surface area contributed by atoms with Gasteiger partial charge in [-0.05, 0) is 43.5 Å². The van der Waals surface area contributed by atoms with Gasteiger partial charge < -0.3 is 9.32 Å². The molecule has 0 saturated carbocycles. The minimum absolute atomic E-state index is 0.0350. The lowest BCUT2D eigenvalue weighted by molar-refractivity contribution is 0.518. The number of nitrogens with zero attached hydrogens (tertiary/aromatic N) is 2. The Labute approximate surface area is 127 Å². The van der Waals surface area contributed by atoms with E-state index in [9.17, 15) is 14.4 Å². The van der Waals surface area contributed by atoms with Crippen molar-refractivity contribution in [3.8, 4) is 17.4 Å². The predicted molar refractivity (Wildman–Crippen MR) is 81.2 cm³/mol. The molecule has 4 nitrogen and oxygen atoms in total. The maximum atomic E-state index is 13.0. The molecule has 5 heteroatoms. The van der Waals surface area contributed by atoms with E-state index in [1.54, 1.807) is 18.2 Å². The van der Waals surface area contributed by atoms with E-state index in [1.165, 1.54) is 12.1 Å². The van der Waals surface area contributed by atoms with Crippen LogP contribution in [-0.2, 0) is 0 Å². The van der Waals surface area contributed by atoms with Gasteiger partial charge in [-0.3, -0.25) is 0 Å². The SMILES string of the molecule is N#Cc1c(N2CCCCC2)cc(-c2ccc(F)cc2)oc1=O. The monoisotopic (exact) mass is 298 g/mol. The number of anilines is 1. The molecule has 0 aliphatic carbocycles. The summed E-state index contributed by atoms with van der Waals surface area (Å²) in [5, 5.41) is 9.24. The van der Waals surface area contributed by atoms with Crippen LogP contribution in [0.3, 0.4) is 0 Å². The summed E-state index contributed by atoms with van der Waals surface area (Å²) in [7, 11) is 0. The van der Waals surface area contributed by atoms with Crippen LogP contribution >= 0.6 is 0 Å². The Morgan fingerprint density at radius 3 is 2.45 bits per heavy atom. The molecule has 0 bridgehead atoms. The number of nitriles is 1. The smallest absolute Gasteiger partial charge is 0.356 e. The topological polar surface area (TPSA) is 57.2 Å². The summed E-state index contributed by atoms with van der Waals surface area (Å²) >= 11 is 0. The van der Waals surface area contributed by atoms with Crippen molar-refractivity contribution in [3.63, 3.8) is 0 Å². The summed E-state index contributed by atoms with van der Waals surface area (Å²) in [4.78, 5) is 14.1. The highest BCUT2D eigenvalue weighted by molar-refractivity contribution is 5.67. The van der Waals surface area contributed by atoms with Gasteiger partial charge in [0.15, 0.2) is 5.56 Å². The predicted octanol–water partition coefficient (Wildman–Crippen LogP) is 3.31. The van der Waals surface area contributed by atoms with E-state index in [-0.39, 0.29) is 11.4 Å². The van der Waals surface area contributed by atoms with Crippen molar-refractivity contribution in [1.29, 1.82) is 5.26 Å². The molecule has 0 radical (unpaired) electrons. The molecule has 112 valence electrons. The van der Waals surface area contributed by atoms with Gasteiger partial charge in [0.1, 0.15) is 17.6 Å². The van der Waals surface area contributed by atoms with E-state index < -0.39 is 5.63 Å². The second-order valence-corrected chi connectivity index (χ2v) is 5.32. The summed E-state index contributed by atoms with van der Waals surface area (Å²) in [5.74, 6) is 0.000527. The molecule has 2 heterocycles. The second-order valence-electron chi connectivity index (χ2n) is 5.32. The Balaban J connectivity index is 2.09. The van der Waals surface area contributed by atoms with Crippen LogP contribution in [0.4, 0.5) is 10.1 Å². The number of hydrogen-bond acceptors (Lipinski definition) is 4. The molecule has 22 heavy (non-hydrogen) atoms. The molecular weight excluding hydrogens is 283 g/mol. The number of benzene rings is 1. The van der Waals surface area contributed by atoms with Gasteiger partial charge in [0.2, 0.25) is 0 Å². The van der Waals surface area contributed by atoms with Crippen molar-refractivity contribution in [2.45, 2.75) is 19.3 Å². The zero-order valence-electron chi connectivity index (χ0n) is 12.0. The average molecular weight is 298 g/mol. The molecule has 3 rings (SSSR count). The van der Waals surface area contributed by atoms with Gasteiger partial charge in [0, 0.05) is 24.7 Å². The van der Waals surface area contributed by atoms with Crippen LogP contribution in [0.1, 0.15) is 24.8 Å². The first kappa shape index (κ1) is 14.3. The lowest BCUT2D eigenvalue weighted by Crippen LogP contribution is -2.31. The Morgan fingerprint density at radius 1 is 1.14 bits per heavy atom. The Kier molecular flexibility index (Phi) is 3.92. The van der Waals surface area contributed by atoms with E-state index in [0.29, 0.717) is 17.0 Å². The summed E-state index contributed by atoms with van der Waals surface area (Å²) in [6.07, 6.45) is 3.23. The third-order valence-corrected chi connectivity index (χ3v) is 3.87. The third kappa shape index (κ3) is 2.73. The largest absolute Gasteiger partial charge is 0.422 e. The Morgan fingerprint density at radius 2 is 1.82 bits per heavy atom. The van der Waals surface area contributed by atoms with Gasteiger partial charge in [0.05, 0.1) is 5.69 Å². The van der Waals surface area contributed by atoms with Crippen molar-refractivity contribution in [3.05, 3.63) is 52.1 Å². The van der Waals surface area contributed by atoms with E-state index in [1.807, 2.05) is 11.0 Å². The van der Waals surface area contributed by atoms with Crippen molar-refractivity contribution >= 4 is 5.69 Å². The third-order valence-electron chi connectivity index (χ3n) is 3.87. The fourth-order valence-electron chi connectivity index (χ4n) is 2.72. The minimum Gasteiger partial charge on any atom is -0.422 e.